The van der Waals surface area contributed by atoms with Crippen LogP contribution in [-0.2, 0) is 13.0 Å². The van der Waals surface area contributed by atoms with Crippen LogP contribution in [0.1, 0.15) is 36.8 Å². The summed E-state index contributed by atoms with van der Waals surface area (Å²) in [7, 11) is 0. The van der Waals surface area contributed by atoms with Gasteiger partial charge in [-0.3, -0.25) is 4.79 Å². The molecule has 0 unspecified atom stereocenters. The van der Waals surface area contributed by atoms with Gasteiger partial charge in [0.15, 0.2) is 0 Å². The lowest BCUT2D eigenvalue weighted by Gasteiger charge is -2.09. The highest BCUT2D eigenvalue weighted by Crippen LogP contribution is 2.24. The summed E-state index contributed by atoms with van der Waals surface area (Å²) >= 11 is 3.45. The van der Waals surface area contributed by atoms with E-state index in [1.54, 1.807) is 12.3 Å². The Morgan fingerprint density at radius 1 is 1.23 bits per heavy atom. The maximum Gasteiger partial charge on any atom is 0.282 e. The van der Waals surface area contributed by atoms with Gasteiger partial charge in [-0.05, 0) is 37.6 Å². The number of unbranched alkanes of at least 4 members (excludes halogenated alkanes) is 1. The molecule has 0 saturated heterocycles. The second kappa shape index (κ2) is 8.91. The summed E-state index contributed by atoms with van der Waals surface area (Å²) in [5.74, 6) is 3.39. The number of rotatable bonds is 6. The van der Waals surface area contributed by atoms with Crippen molar-refractivity contribution in [3.8, 4) is 12.3 Å². The summed E-state index contributed by atoms with van der Waals surface area (Å²) in [5.41, 5.74) is 3.54. The number of benzene rings is 2. The first kappa shape index (κ1) is 21.1. The standard InChI is InChI=1S/C25H23BrN4O/c1-4-6-11-24-28-22-13-12-18(26)15-20(22)25(31)30(24)27-16-21-17(3)29(14-5-2)23-10-8-7-9-19(21)23/h2,7-10,12-13,15-16H,4,6,11,14H2,1,3H3. The highest BCUT2D eigenvalue weighted by Gasteiger charge is 2.14. The van der Waals surface area contributed by atoms with Crippen LogP contribution in [0.15, 0.2) is 56.8 Å². The average molecular weight is 475 g/mol. The summed E-state index contributed by atoms with van der Waals surface area (Å²) in [6.45, 7) is 4.62. The minimum absolute atomic E-state index is 0.168. The minimum Gasteiger partial charge on any atom is -0.333 e. The van der Waals surface area contributed by atoms with E-state index >= 15 is 0 Å². The summed E-state index contributed by atoms with van der Waals surface area (Å²) in [4.78, 5) is 18.0. The second-order valence-electron chi connectivity index (χ2n) is 7.46. The lowest BCUT2D eigenvalue weighted by molar-refractivity contribution is 0.675. The van der Waals surface area contributed by atoms with Gasteiger partial charge in [0.25, 0.3) is 5.56 Å². The van der Waals surface area contributed by atoms with E-state index in [-0.39, 0.29) is 5.56 Å². The molecule has 0 fully saturated rings. The van der Waals surface area contributed by atoms with Gasteiger partial charge in [-0.15, -0.1) is 6.42 Å². The summed E-state index contributed by atoms with van der Waals surface area (Å²) in [5, 5.41) is 6.22. The lowest BCUT2D eigenvalue weighted by Crippen LogP contribution is -2.22. The van der Waals surface area contributed by atoms with Crippen LogP contribution in [0.3, 0.4) is 0 Å². The molecule has 4 aromatic rings. The minimum atomic E-state index is -0.168. The van der Waals surface area contributed by atoms with Crippen molar-refractivity contribution in [2.45, 2.75) is 39.7 Å². The van der Waals surface area contributed by atoms with E-state index in [0.717, 1.165) is 39.5 Å². The Labute approximate surface area is 189 Å². The number of fused-ring (bicyclic) bond motifs is 2. The molecule has 0 N–H and O–H groups in total. The SMILES string of the molecule is C#CCn1c(C)c(C=Nn2c(CCCC)nc3ccc(Br)cc3c2=O)c2ccccc21. The van der Waals surface area contributed by atoms with Crippen molar-refractivity contribution in [3.63, 3.8) is 0 Å². The summed E-state index contributed by atoms with van der Waals surface area (Å²) in [6.07, 6.45) is 9.97. The third kappa shape index (κ3) is 3.94. The normalized spacial score (nSPS) is 11.5. The second-order valence-corrected chi connectivity index (χ2v) is 8.38. The van der Waals surface area contributed by atoms with Gasteiger partial charge in [0.1, 0.15) is 5.82 Å². The van der Waals surface area contributed by atoms with Crippen molar-refractivity contribution in [1.82, 2.24) is 14.2 Å². The largest absolute Gasteiger partial charge is 0.333 e. The molecule has 0 aliphatic rings. The van der Waals surface area contributed by atoms with Crippen molar-refractivity contribution in [3.05, 3.63) is 74.4 Å². The molecule has 0 aliphatic carbocycles. The van der Waals surface area contributed by atoms with E-state index in [1.807, 2.05) is 43.3 Å². The first-order valence-electron chi connectivity index (χ1n) is 10.3. The number of nitrogens with zero attached hydrogens (tertiary/aromatic N) is 4. The number of terminal acetylenes is 1. The van der Waals surface area contributed by atoms with Gasteiger partial charge in [-0.2, -0.15) is 9.78 Å². The van der Waals surface area contributed by atoms with Gasteiger partial charge in [0.05, 0.1) is 23.7 Å². The van der Waals surface area contributed by atoms with Gasteiger partial charge < -0.3 is 4.57 Å². The fourth-order valence-corrected chi connectivity index (χ4v) is 4.20. The zero-order valence-electron chi connectivity index (χ0n) is 17.6. The van der Waals surface area contributed by atoms with E-state index in [4.69, 9.17) is 11.4 Å². The van der Waals surface area contributed by atoms with Gasteiger partial charge in [0.2, 0.25) is 0 Å². The van der Waals surface area contributed by atoms with Gasteiger partial charge in [-0.25, -0.2) is 4.98 Å². The van der Waals surface area contributed by atoms with Crippen LogP contribution in [0.4, 0.5) is 0 Å². The van der Waals surface area contributed by atoms with E-state index in [1.165, 1.54) is 4.68 Å². The smallest absolute Gasteiger partial charge is 0.282 e. The number of hydrogen-bond donors (Lipinski definition) is 0. The molecule has 156 valence electrons. The third-order valence-electron chi connectivity index (χ3n) is 5.46. The summed E-state index contributed by atoms with van der Waals surface area (Å²) in [6, 6.07) is 13.6. The molecule has 2 aromatic heterocycles. The molecule has 2 heterocycles. The van der Waals surface area contributed by atoms with Crippen molar-refractivity contribution in [2.75, 3.05) is 0 Å². The highest BCUT2D eigenvalue weighted by molar-refractivity contribution is 9.10. The molecule has 6 heteroatoms. The van der Waals surface area contributed by atoms with Gasteiger partial charge in [-0.1, -0.05) is 53.4 Å². The zero-order chi connectivity index (χ0) is 22.0. The maximum absolute atomic E-state index is 13.3. The first-order valence-corrected chi connectivity index (χ1v) is 11.1. The Morgan fingerprint density at radius 2 is 2.03 bits per heavy atom. The monoisotopic (exact) mass is 474 g/mol. The maximum atomic E-state index is 13.3. The molecule has 31 heavy (non-hydrogen) atoms. The van der Waals surface area contributed by atoms with Gasteiger partial charge >= 0.3 is 0 Å². The van der Waals surface area contributed by atoms with Gasteiger partial charge in [0, 0.05) is 33.1 Å². The van der Waals surface area contributed by atoms with E-state index in [2.05, 4.69) is 38.4 Å². The number of para-hydroxylation sites is 1. The Balaban J connectivity index is 1.90. The van der Waals surface area contributed by atoms with Crippen molar-refractivity contribution < 1.29 is 0 Å². The van der Waals surface area contributed by atoms with E-state index < -0.39 is 0 Å². The Hall–Kier alpha value is -3.17. The molecule has 0 bridgehead atoms. The first-order chi connectivity index (χ1) is 15.0. The molecular formula is C25H23BrN4O. The topological polar surface area (TPSA) is 52.2 Å². The predicted octanol–water partition coefficient (Wildman–Crippen LogP) is 5.28. The predicted molar refractivity (Wildman–Crippen MR) is 131 cm³/mol. The molecule has 0 atom stereocenters. The molecule has 5 nitrogen and oxygen atoms in total. The molecule has 0 radical (unpaired) electrons. The number of aryl methyl sites for hydroxylation is 1. The summed E-state index contributed by atoms with van der Waals surface area (Å²) < 4.78 is 4.37. The zero-order valence-corrected chi connectivity index (χ0v) is 19.2. The van der Waals surface area contributed by atoms with Crippen molar-refractivity contribution in [1.29, 1.82) is 0 Å². The van der Waals surface area contributed by atoms with Crippen LogP contribution in [0.25, 0.3) is 21.8 Å². The molecule has 0 amide bonds. The number of hydrogen-bond acceptors (Lipinski definition) is 3. The molecule has 0 aliphatic heterocycles. The van der Waals surface area contributed by atoms with Crippen LogP contribution in [0, 0.1) is 19.3 Å². The average Bonchev–Trinajstić information content (AvgIpc) is 3.04. The van der Waals surface area contributed by atoms with E-state index in [0.29, 0.717) is 29.7 Å². The number of halogens is 1. The molecule has 4 rings (SSSR count). The lowest BCUT2D eigenvalue weighted by atomic mass is 10.1. The molecular weight excluding hydrogens is 452 g/mol. The fraction of sp³-hybridized carbons (Fsp3) is 0.240. The molecule has 0 spiro atoms. The van der Waals surface area contributed by atoms with Crippen LogP contribution < -0.4 is 5.56 Å². The van der Waals surface area contributed by atoms with E-state index in [9.17, 15) is 4.79 Å². The van der Waals surface area contributed by atoms with Crippen LogP contribution in [0.2, 0.25) is 0 Å². The Bertz CT molecular complexity index is 1410. The van der Waals surface area contributed by atoms with Crippen LogP contribution >= 0.6 is 15.9 Å². The number of aromatic nitrogens is 3. The van der Waals surface area contributed by atoms with Crippen LogP contribution in [0.5, 0.6) is 0 Å². The van der Waals surface area contributed by atoms with Crippen LogP contribution in [-0.4, -0.2) is 20.4 Å². The third-order valence-corrected chi connectivity index (χ3v) is 5.95. The van der Waals surface area contributed by atoms with Crippen molar-refractivity contribution in [2.24, 2.45) is 5.10 Å². The Kier molecular flexibility index (Phi) is 6.06. The molecule has 0 saturated carbocycles. The highest BCUT2D eigenvalue weighted by atomic mass is 79.9. The fourth-order valence-electron chi connectivity index (χ4n) is 3.84. The van der Waals surface area contributed by atoms with Crippen molar-refractivity contribution >= 4 is 44.0 Å². The Morgan fingerprint density at radius 3 is 2.81 bits per heavy atom. The quantitative estimate of drug-likeness (QED) is 0.282. The molecule has 2 aromatic carbocycles.